The molecule has 0 spiro atoms. The number of carbonyl (C=O) groups is 3. The van der Waals surface area contributed by atoms with Gasteiger partial charge in [-0.05, 0) is 58.8 Å². The average Bonchev–Trinajstić information content (AvgIpc) is 3.17. The summed E-state index contributed by atoms with van der Waals surface area (Å²) in [5.74, 6) is -0.108. The highest BCUT2D eigenvalue weighted by Crippen LogP contribution is 2.37. The molecule has 1 aliphatic rings. The van der Waals surface area contributed by atoms with E-state index in [0.717, 1.165) is 4.90 Å². The molecule has 146 valence electrons. The van der Waals surface area contributed by atoms with Crippen molar-refractivity contribution in [3.8, 4) is 11.5 Å². The van der Waals surface area contributed by atoms with Crippen LogP contribution in [0.3, 0.4) is 0 Å². The normalized spacial score (nSPS) is 15.8. The molecule has 1 aromatic carbocycles. The average molecular weight is 449 g/mol. The lowest BCUT2D eigenvalue weighted by atomic mass is 10.1. The highest BCUT2D eigenvalue weighted by molar-refractivity contribution is 9.10. The molecule has 2 aromatic rings. The third-order valence-corrected chi connectivity index (χ3v) is 4.52. The summed E-state index contributed by atoms with van der Waals surface area (Å²) >= 11 is 3.40. The van der Waals surface area contributed by atoms with Crippen LogP contribution in [0.4, 0.5) is 4.79 Å². The molecular formula is C19H17BrN2O6. The second-order valence-corrected chi connectivity index (χ2v) is 6.61. The number of benzene rings is 1. The maximum atomic E-state index is 12.8. The number of hydrogen-bond donors (Lipinski definition) is 1. The van der Waals surface area contributed by atoms with E-state index in [4.69, 9.17) is 13.9 Å². The van der Waals surface area contributed by atoms with Gasteiger partial charge in [0.15, 0.2) is 11.5 Å². The quantitative estimate of drug-likeness (QED) is 0.538. The van der Waals surface area contributed by atoms with Gasteiger partial charge in [-0.3, -0.25) is 19.8 Å². The number of hydrogen-bond acceptors (Lipinski definition) is 6. The molecule has 9 heteroatoms. The maximum absolute atomic E-state index is 12.8. The molecule has 0 bridgehead atoms. The maximum Gasteiger partial charge on any atom is 0.331 e. The summed E-state index contributed by atoms with van der Waals surface area (Å²) < 4.78 is 16.6. The molecule has 1 saturated heterocycles. The number of furan rings is 1. The van der Waals surface area contributed by atoms with E-state index < -0.39 is 17.8 Å². The zero-order chi connectivity index (χ0) is 20.3. The lowest BCUT2D eigenvalue weighted by Gasteiger charge is -2.25. The molecule has 2 heterocycles. The Labute approximate surface area is 169 Å². The fourth-order valence-electron chi connectivity index (χ4n) is 2.67. The summed E-state index contributed by atoms with van der Waals surface area (Å²) in [6, 6.07) is 5.81. The van der Waals surface area contributed by atoms with Crippen LogP contribution in [0.2, 0.25) is 0 Å². The van der Waals surface area contributed by atoms with Crippen LogP contribution in [0.5, 0.6) is 11.5 Å². The Kier molecular flexibility index (Phi) is 5.84. The second-order valence-electron chi connectivity index (χ2n) is 5.76. The minimum atomic E-state index is -0.797. The van der Waals surface area contributed by atoms with Crippen LogP contribution in [0.1, 0.15) is 18.2 Å². The SMILES string of the molecule is CCOc1c(Br)cc(/C=C2\C(=O)NC(=O)N(Cc3ccco3)C2=O)cc1OC. The second kappa shape index (κ2) is 8.30. The molecule has 0 saturated carbocycles. The Hall–Kier alpha value is -3.07. The standard InChI is InChI=1S/C19H17BrN2O6/c1-3-27-16-14(20)8-11(9-15(16)26-2)7-13-17(23)21-19(25)22(18(13)24)10-12-5-4-6-28-12/h4-9H,3,10H2,1-2H3,(H,21,23,25)/b13-7+. The Morgan fingerprint density at radius 1 is 1.29 bits per heavy atom. The van der Waals surface area contributed by atoms with Gasteiger partial charge in [0.05, 0.1) is 31.0 Å². The van der Waals surface area contributed by atoms with Crippen molar-refractivity contribution >= 4 is 39.9 Å². The zero-order valence-corrected chi connectivity index (χ0v) is 16.7. The molecule has 0 radical (unpaired) electrons. The number of barbiturate groups is 1. The first-order valence-corrected chi connectivity index (χ1v) is 9.15. The molecule has 1 N–H and O–H groups in total. The third-order valence-electron chi connectivity index (χ3n) is 3.93. The molecule has 1 aliphatic heterocycles. The number of amides is 4. The zero-order valence-electron chi connectivity index (χ0n) is 15.2. The lowest BCUT2D eigenvalue weighted by molar-refractivity contribution is -0.130. The number of imide groups is 2. The van der Waals surface area contributed by atoms with Crippen molar-refractivity contribution in [1.29, 1.82) is 0 Å². The van der Waals surface area contributed by atoms with Crippen LogP contribution in [0.25, 0.3) is 6.08 Å². The number of nitrogens with one attached hydrogen (secondary N) is 1. The molecule has 28 heavy (non-hydrogen) atoms. The molecule has 0 unspecified atom stereocenters. The van der Waals surface area contributed by atoms with Crippen LogP contribution in [-0.2, 0) is 16.1 Å². The Balaban J connectivity index is 1.95. The van der Waals surface area contributed by atoms with Crippen LogP contribution in [-0.4, -0.2) is 36.5 Å². The van der Waals surface area contributed by atoms with Gasteiger partial charge in [0.25, 0.3) is 11.8 Å². The minimum absolute atomic E-state index is 0.0847. The highest BCUT2D eigenvalue weighted by Gasteiger charge is 2.36. The van der Waals surface area contributed by atoms with Gasteiger partial charge in [-0.25, -0.2) is 4.79 Å². The predicted molar refractivity (Wildman–Crippen MR) is 103 cm³/mol. The van der Waals surface area contributed by atoms with E-state index in [9.17, 15) is 14.4 Å². The minimum Gasteiger partial charge on any atom is -0.493 e. The van der Waals surface area contributed by atoms with Crippen molar-refractivity contribution in [1.82, 2.24) is 10.2 Å². The van der Waals surface area contributed by atoms with Crippen LogP contribution in [0.15, 0.2) is 45.0 Å². The number of methoxy groups -OCH3 is 1. The first kappa shape index (κ1) is 19.7. The van der Waals surface area contributed by atoms with E-state index in [1.165, 1.54) is 19.4 Å². The molecule has 3 rings (SSSR count). The summed E-state index contributed by atoms with van der Waals surface area (Å²) in [7, 11) is 1.49. The number of carbonyl (C=O) groups excluding carboxylic acids is 3. The number of halogens is 1. The Morgan fingerprint density at radius 2 is 2.07 bits per heavy atom. The largest absolute Gasteiger partial charge is 0.493 e. The lowest BCUT2D eigenvalue weighted by Crippen LogP contribution is -2.53. The Morgan fingerprint density at radius 3 is 2.71 bits per heavy atom. The van der Waals surface area contributed by atoms with Crippen molar-refractivity contribution in [2.45, 2.75) is 13.5 Å². The summed E-state index contributed by atoms with van der Waals surface area (Å²) in [5.41, 5.74) is 0.349. The van der Waals surface area contributed by atoms with E-state index in [0.29, 0.717) is 33.9 Å². The van der Waals surface area contributed by atoms with Crippen LogP contribution in [0, 0.1) is 0 Å². The topological polar surface area (TPSA) is 98.1 Å². The first-order chi connectivity index (χ1) is 13.4. The van der Waals surface area contributed by atoms with Gasteiger partial charge in [0.1, 0.15) is 11.3 Å². The molecule has 0 aliphatic carbocycles. The predicted octanol–water partition coefficient (Wildman–Crippen LogP) is 3.11. The fourth-order valence-corrected chi connectivity index (χ4v) is 3.24. The first-order valence-electron chi connectivity index (χ1n) is 8.36. The Bertz CT molecular complexity index is 952. The number of rotatable bonds is 6. The summed E-state index contributed by atoms with van der Waals surface area (Å²) in [4.78, 5) is 38.0. The monoisotopic (exact) mass is 448 g/mol. The summed E-state index contributed by atoms with van der Waals surface area (Å²) in [6.07, 6.45) is 2.83. The third kappa shape index (κ3) is 3.94. The van der Waals surface area contributed by atoms with E-state index in [2.05, 4.69) is 21.2 Å². The fraction of sp³-hybridized carbons (Fsp3) is 0.211. The van der Waals surface area contributed by atoms with Crippen molar-refractivity contribution in [3.05, 3.63) is 51.9 Å². The van der Waals surface area contributed by atoms with Gasteiger partial charge in [0.2, 0.25) is 0 Å². The molecular weight excluding hydrogens is 432 g/mol. The van der Waals surface area contributed by atoms with Gasteiger partial charge < -0.3 is 13.9 Å². The molecule has 1 aromatic heterocycles. The van der Waals surface area contributed by atoms with Gasteiger partial charge in [-0.15, -0.1) is 0 Å². The van der Waals surface area contributed by atoms with Gasteiger partial charge in [-0.1, -0.05) is 0 Å². The van der Waals surface area contributed by atoms with Crippen molar-refractivity contribution in [3.63, 3.8) is 0 Å². The molecule has 4 amide bonds. The van der Waals surface area contributed by atoms with E-state index >= 15 is 0 Å². The van der Waals surface area contributed by atoms with E-state index in [1.54, 1.807) is 24.3 Å². The number of ether oxygens (including phenoxy) is 2. The van der Waals surface area contributed by atoms with Gasteiger partial charge in [-0.2, -0.15) is 0 Å². The summed E-state index contributed by atoms with van der Waals surface area (Å²) in [6.45, 7) is 2.20. The van der Waals surface area contributed by atoms with Crippen molar-refractivity contribution in [2.75, 3.05) is 13.7 Å². The van der Waals surface area contributed by atoms with E-state index in [-0.39, 0.29) is 12.1 Å². The highest BCUT2D eigenvalue weighted by atomic mass is 79.9. The van der Waals surface area contributed by atoms with Crippen LogP contribution < -0.4 is 14.8 Å². The van der Waals surface area contributed by atoms with Gasteiger partial charge in [0, 0.05) is 0 Å². The van der Waals surface area contributed by atoms with E-state index in [1.807, 2.05) is 6.92 Å². The molecule has 8 nitrogen and oxygen atoms in total. The number of urea groups is 1. The van der Waals surface area contributed by atoms with Gasteiger partial charge >= 0.3 is 6.03 Å². The van der Waals surface area contributed by atoms with Crippen molar-refractivity contribution < 1.29 is 28.3 Å². The van der Waals surface area contributed by atoms with Crippen molar-refractivity contribution in [2.24, 2.45) is 0 Å². The van der Waals surface area contributed by atoms with Crippen LogP contribution >= 0.6 is 15.9 Å². The smallest absolute Gasteiger partial charge is 0.331 e. The number of nitrogens with zero attached hydrogens (tertiary/aromatic N) is 1. The molecule has 1 fully saturated rings. The molecule has 0 atom stereocenters. The summed E-state index contributed by atoms with van der Waals surface area (Å²) in [5, 5.41) is 2.17.